The zero-order valence-electron chi connectivity index (χ0n) is 18.8. The first-order valence-electron chi connectivity index (χ1n) is 10.3. The number of aryl methyl sites for hydroxylation is 1. The van der Waals surface area contributed by atoms with Crippen molar-refractivity contribution in [3.8, 4) is 5.69 Å². The first kappa shape index (κ1) is 24.1. The topological polar surface area (TPSA) is 60.8 Å². The smallest absolute Gasteiger partial charge is 0.340 e. The summed E-state index contributed by atoms with van der Waals surface area (Å²) in [4.78, 5) is 27.5. The van der Waals surface area contributed by atoms with E-state index >= 15 is 0 Å². The van der Waals surface area contributed by atoms with Gasteiger partial charge < -0.3 is 18.9 Å². The molecule has 1 aliphatic heterocycles. The Morgan fingerprint density at radius 2 is 1.88 bits per heavy atom. The molecule has 0 unspecified atom stereocenters. The summed E-state index contributed by atoms with van der Waals surface area (Å²) < 4.78 is 12.3. The average molecular weight is 477 g/mol. The second kappa shape index (κ2) is 9.94. The van der Waals surface area contributed by atoms with Crippen molar-refractivity contribution in [2.24, 2.45) is 0 Å². The van der Waals surface area contributed by atoms with Crippen molar-refractivity contribution in [2.45, 2.75) is 27.7 Å². The normalized spacial score (nSPS) is 15.3. The van der Waals surface area contributed by atoms with Gasteiger partial charge in [0.25, 0.3) is 5.91 Å². The third kappa shape index (κ3) is 4.49. The first-order chi connectivity index (χ1) is 15.2. The van der Waals surface area contributed by atoms with Gasteiger partial charge in [0.15, 0.2) is 0 Å². The summed E-state index contributed by atoms with van der Waals surface area (Å²) in [5.74, 6) is -0.774. The van der Waals surface area contributed by atoms with E-state index in [9.17, 15) is 9.59 Å². The van der Waals surface area contributed by atoms with E-state index in [1.807, 2.05) is 24.5 Å². The van der Waals surface area contributed by atoms with Gasteiger partial charge in [-0.15, -0.1) is 0 Å². The van der Waals surface area contributed by atoms with Crippen molar-refractivity contribution in [1.82, 2.24) is 9.47 Å². The van der Waals surface area contributed by atoms with Gasteiger partial charge >= 0.3 is 5.97 Å². The van der Waals surface area contributed by atoms with Crippen LogP contribution in [-0.4, -0.2) is 48.2 Å². The van der Waals surface area contributed by atoms with E-state index in [1.54, 1.807) is 50.1 Å². The first-order valence-corrected chi connectivity index (χ1v) is 11.0. The highest BCUT2D eigenvalue weighted by Gasteiger charge is 2.37. The van der Waals surface area contributed by atoms with E-state index in [1.165, 1.54) is 0 Å². The van der Waals surface area contributed by atoms with Gasteiger partial charge in [-0.1, -0.05) is 23.2 Å². The van der Waals surface area contributed by atoms with Crippen LogP contribution in [0.5, 0.6) is 0 Å². The predicted molar refractivity (Wildman–Crippen MR) is 126 cm³/mol. The zero-order valence-corrected chi connectivity index (χ0v) is 20.3. The molecular formula is C24H26Cl2N2O4. The Bertz CT molecular complexity index is 1130. The van der Waals surface area contributed by atoms with Crippen molar-refractivity contribution in [3.63, 3.8) is 0 Å². The number of halogens is 2. The molecule has 0 atom stereocenters. The van der Waals surface area contributed by atoms with Crippen LogP contribution in [0.4, 0.5) is 0 Å². The minimum atomic E-state index is -0.517. The summed E-state index contributed by atoms with van der Waals surface area (Å²) in [7, 11) is 1.57. The molecule has 1 amide bonds. The molecule has 2 heterocycles. The molecule has 0 aliphatic carbocycles. The molecular weight excluding hydrogens is 451 g/mol. The lowest BCUT2D eigenvalue weighted by atomic mass is 10.0. The molecule has 32 heavy (non-hydrogen) atoms. The molecule has 170 valence electrons. The van der Waals surface area contributed by atoms with Crippen LogP contribution in [0.3, 0.4) is 0 Å². The SMILES string of the molecule is CCOC(=O)C1=C(C)N(CCOC)C(=O)/C1=C/c1cc(C)n(-c2cc(Cl)ccc2Cl)c1C. The Morgan fingerprint density at radius 1 is 1.16 bits per heavy atom. The molecule has 0 saturated heterocycles. The van der Waals surface area contributed by atoms with E-state index in [0.717, 1.165) is 22.6 Å². The minimum absolute atomic E-state index is 0.219. The molecule has 1 aromatic carbocycles. The van der Waals surface area contributed by atoms with E-state index in [0.29, 0.717) is 34.5 Å². The number of hydrogen-bond donors (Lipinski definition) is 0. The fraction of sp³-hybridized carbons (Fsp3) is 0.333. The molecule has 8 heteroatoms. The van der Waals surface area contributed by atoms with Gasteiger partial charge in [0.2, 0.25) is 0 Å². The summed E-state index contributed by atoms with van der Waals surface area (Å²) >= 11 is 12.6. The third-order valence-electron chi connectivity index (χ3n) is 5.43. The maximum absolute atomic E-state index is 13.2. The second-order valence-electron chi connectivity index (χ2n) is 7.45. The number of aromatic nitrogens is 1. The number of esters is 1. The summed E-state index contributed by atoms with van der Waals surface area (Å²) in [6.45, 7) is 8.28. The van der Waals surface area contributed by atoms with Gasteiger partial charge in [-0.2, -0.15) is 0 Å². The van der Waals surface area contributed by atoms with Crippen LogP contribution < -0.4 is 0 Å². The Hall–Kier alpha value is -2.54. The van der Waals surface area contributed by atoms with Gasteiger partial charge in [0.1, 0.15) is 0 Å². The van der Waals surface area contributed by atoms with Crippen LogP contribution in [0, 0.1) is 13.8 Å². The van der Waals surface area contributed by atoms with Gasteiger partial charge in [0, 0.05) is 35.8 Å². The van der Waals surface area contributed by atoms with Crippen LogP contribution in [0.15, 0.2) is 41.1 Å². The quantitative estimate of drug-likeness (QED) is 0.411. The van der Waals surface area contributed by atoms with Gasteiger partial charge in [-0.25, -0.2) is 4.79 Å². The lowest BCUT2D eigenvalue weighted by Gasteiger charge is -2.16. The molecule has 3 rings (SSSR count). The van der Waals surface area contributed by atoms with Crippen molar-refractivity contribution in [2.75, 3.05) is 26.9 Å². The number of benzene rings is 1. The number of nitrogens with zero attached hydrogens (tertiary/aromatic N) is 2. The van der Waals surface area contributed by atoms with E-state index in [-0.39, 0.29) is 18.1 Å². The maximum atomic E-state index is 13.2. The van der Waals surface area contributed by atoms with Crippen molar-refractivity contribution >= 4 is 41.2 Å². The number of rotatable bonds is 7. The average Bonchev–Trinajstić information content (AvgIpc) is 3.15. The largest absolute Gasteiger partial charge is 0.462 e. The van der Waals surface area contributed by atoms with Crippen molar-refractivity contribution < 1.29 is 19.1 Å². The fourth-order valence-electron chi connectivity index (χ4n) is 3.90. The monoisotopic (exact) mass is 476 g/mol. The Balaban J connectivity index is 2.13. The Kier molecular flexibility index (Phi) is 7.49. The molecule has 1 aliphatic rings. The highest BCUT2D eigenvalue weighted by Crippen LogP contribution is 2.34. The van der Waals surface area contributed by atoms with E-state index in [2.05, 4.69) is 0 Å². The van der Waals surface area contributed by atoms with Gasteiger partial charge in [-0.05, 0) is 63.6 Å². The molecule has 0 spiro atoms. The number of carbonyl (C=O) groups excluding carboxylic acids is 2. The summed E-state index contributed by atoms with van der Waals surface area (Å²) in [6.07, 6.45) is 1.74. The molecule has 0 bridgehead atoms. The Labute approximate surface area is 198 Å². The summed E-state index contributed by atoms with van der Waals surface area (Å²) in [5.41, 5.74) is 4.46. The van der Waals surface area contributed by atoms with Crippen LogP contribution in [0.2, 0.25) is 10.0 Å². The molecule has 0 N–H and O–H groups in total. The van der Waals surface area contributed by atoms with Gasteiger partial charge in [0.05, 0.1) is 35.1 Å². The lowest BCUT2D eigenvalue weighted by Crippen LogP contribution is -2.28. The molecule has 6 nitrogen and oxygen atoms in total. The van der Waals surface area contributed by atoms with Crippen LogP contribution in [0.25, 0.3) is 11.8 Å². The third-order valence-corrected chi connectivity index (χ3v) is 5.98. The molecule has 1 aromatic heterocycles. The summed E-state index contributed by atoms with van der Waals surface area (Å²) in [6, 6.07) is 7.22. The number of hydrogen-bond acceptors (Lipinski definition) is 4. The number of allylic oxidation sites excluding steroid dienone is 1. The van der Waals surface area contributed by atoms with Crippen LogP contribution >= 0.6 is 23.2 Å². The van der Waals surface area contributed by atoms with Crippen molar-refractivity contribution in [1.29, 1.82) is 0 Å². The minimum Gasteiger partial charge on any atom is -0.462 e. The Morgan fingerprint density at radius 3 is 2.53 bits per heavy atom. The highest BCUT2D eigenvalue weighted by molar-refractivity contribution is 6.34. The lowest BCUT2D eigenvalue weighted by molar-refractivity contribution is -0.138. The zero-order chi connectivity index (χ0) is 23.6. The number of methoxy groups -OCH3 is 1. The predicted octanol–water partition coefficient (Wildman–Crippen LogP) is 5.11. The maximum Gasteiger partial charge on any atom is 0.340 e. The van der Waals surface area contributed by atoms with Gasteiger partial charge in [-0.3, -0.25) is 4.79 Å². The molecule has 0 radical (unpaired) electrons. The van der Waals surface area contributed by atoms with Crippen LogP contribution in [-0.2, 0) is 19.1 Å². The van der Waals surface area contributed by atoms with Crippen molar-refractivity contribution in [3.05, 3.63) is 68.1 Å². The number of ether oxygens (including phenoxy) is 2. The highest BCUT2D eigenvalue weighted by atomic mass is 35.5. The van der Waals surface area contributed by atoms with Crippen LogP contribution in [0.1, 0.15) is 30.8 Å². The molecule has 2 aromatic rings. The summed E-state index contributed by atoms with van der Waals surface area (Å²) in [5, 5.41) is 1.13. The standard InChI is InChI=1S/C24H26Cl2N2O4/c1-6-32-24(30)22-16(4)27(9-10-31-5)23(29)19(22)12-17-11-14(2)28(15(17)3)21-13-18(25)7-8-20(21)26/h7-8,11-13H,6,9-10H2,1-5H3/b19-12+. The van der Waals surface area contributed by atoms with E-state index in [4.69, 9.17) is 32.7 Å². The number of amides is 1. The number of carbonyl (C=O) groups is 2. The fourth-order valence-corrected chi connectivity index (χ4v) is 4.27. The second-order valence-corrected chi connectivity index (χ2v) is 8.29. The molecule has 0 saturated carbocycles. The molecule has 0 fully saturated rings. The van der Waals surface area contributed by atoms with E-state index < -0.39 is 5.97 Å².